The van der Waals surface area contributed by atoms with Gasteiger partial charge < -0.3 is 15.0 Å². The summed E-state index contributed by atoms with van der Waals surface area (Å²) in [5.74, 6) is 1.77. The fraction of sp³-hybridized carbons (Fsp3) is 0.577. The topological polar surface area (TPSA) is 67.4 Å². The number of anilines is 1. The molecule has 4 rings (SSSR count). The summed E-state index contributed by atoms with van der Waals surface area (Å²) < 4.78 is 5.57. The smallest absolute Gasteiger partial charge is 0.251 e. The Kier molecular flexibility index (Phi) is 8.62. The third-order valence-corrected chi connectivity index (χ3v) is 7.61. The van der Waals surface area contributed by atoms with Crippen LogP contribution in [0.2, 0.25) is 0 Å². The van der Waals surface area contributed by atoms with E-state index in [0.717, 1.165) is 53.9 Å². The third kappa shape index (κ3) is 6.70. The SMILES string of the molecule is CCc1cc(N(C)C2CCCCC2)nc(SCc2ccc(C(=O)NC[C@@H]3CCCO3)cc2)n1. The molecular formula is C26H36N4O2S. The number of amides is 1. The summed E-state index contributed by atoms with van der Waals surface area (Å²) in [6, 6.07) is 10.6. The third-order valence-electron chi connectivity index (χ3n) is 6.69. The van der Waals surface area contributed by atoms with Crippen molar-refractivity contribution < 1.29 is 9.53 Å². The molecule has 6 nitrogen and oxygen atoms in total. The van der Waals surface area contributed by atoms with Crippen LogP contribution in [0.4, 0.5) is 5.82 Å². The summed E-state index contributed by atoms with van der Waals surface area (Å²) in [6.07, 6.45) is 9.63. The zero-order valence-electron chi connectivity index (χ0n) is 19.9. The average Bonchev–Trinajstić information content (AvgIpc) is 3.40. The van der Waals surface area contributed by atoms with E-state index in [-0.39, 0.29) is 12.0 Å². The number of aryl methyl sites for hydroxylation is 1. The van der Waals surface area contributed by atoms with Crippen LogP contribution in [0.3, 0.4) is 0 Å². The van der Waals surface area contributed by atoms with E-state index in [1.807, 2.05) is 24.3 Å². The Bertz CT molecular complexity index is 909. The van der Waals surface area contributed by atoms with Gasteiger partial charge in [0.2, 0.25) is 0 Å². The highest BCUT2D eigenvalue weighted by atomic mass is 32.2. The second-order valence-electron chi connectivity index (χ2n) is 9.09. The van der Waals surface area contributed by atoms with Crippen molar-refractivity contribution in [2.75, 3.05) is 25.1 Å². The van der Waals surface area contributed by atoms with Crippen LogP contribution >= 0.6 is 11.8 Å². The number of rotatable bonds is 9. The van der Waals surface area contributed by atoms with Gasteiger partial charge in [0.15, 0.2) is 5.16 Å². The van der Waals surface area contributed by atoms with E-state index >= 15 is 0 Å². The molecule has 2 heterocycles. The first-order valence-corrected chi connectivity index (χ1v) is 13.3. The number of thioether (sulfide) groups is 1. The van der Waals surface area contributed by atoms with Crippen molar-refractivity contribution in [3.63, 3.8) is 0 Å². The molecule has 2 aromatic rings. The molecule has 1 saturated carbocycles. The molecule has 0 unspecified atom stereocenters. The lowest BCUT2D eigenvalue weighted by atomic mass is 9.94. The Morgan fingerprint density at radius 3 is 2.61 bits per heavy atom. The predicted molar refractivity (Wildman–Crippen MR) is 134 cm³/mol. The molecule has 1 aromatic carbocycles. The lowest BCUT2D eigenvalue weighted by Gasteiger charge is -2.32. The molecule has 1 saturated heterocycles. The van der Waals surface area contributed by atoms with Gasteiger partial charge in [0.05, 0.1) is 6.10 Å². The molecule has 1 amide bonds. The quantitative estimate of drug-likeness (QED) is 0.412. The first-order valence-electron chi connectivity index (χ1n) is 12.3. The fourth-order valence-electron chi connectivity index (χ4n) is 4.56. The largest absolute Gasteiger partial charge is 0.376 e. The summed E-state index contributed by atoms with van der Waals surface area (Å²) in [5.41, 5.74) is 2.93. The molecule has 0 radical (unpaired) electrons. The van der Waals surface area contributed by atoms with Gasteiger partial charge in [0, 0.05) is 49.3 Å². The molecule has 1 N–H and O–H groups in total. The minimum atomic E-state index is -0.0425. The van der Waals surface area contributed by atoms with Crippen molar-refractivity contribution in [2.45, 2.75) is 81.3 Å². The lowest BCUT2D eigenvalue weighted by molar-refractivity contribution is 0.0858. The molecule has 0 bridgehead atoms. The highest BCUT2D eigenvalue weighted by Crippen LogP contribution is 2.28. The first kappa shape index (κ1) is 24.0. The molecule has 1 aliphatic heterocycles. The van der Waals surface area contributed by atoms with E-state index in [1.165, 1.54) is 32.1 Å². The molecule has 1 aliphatic carbocycles. The zero-order chi connectivity index (χ0) is 23.0. The minimum Gasteiger partial charge on any atom is -0.376 e. The summed E-state index contributed by atoms with van der Waals surface area (Å²) in [6.45, 7) is 3.53. The van der Waals surface area contributed by atoms with Crippen molar-refractivity contribution >= 4 is 23.5 Å². The van der Waals surface area contributed by atoms with Crippen LogP contribution in [0, 0.1) is 0 Å². The lowest BCUT2D eigenvalue weighted by Crippen LogP contribution is -2.34. The van der Waals surface area contributed by atoms with Gasteiger partial charge in [-0.3, -0.25) is 4.79 Å². The van der Waals surface area contributed by atoms with E-state index < -0.39 is 0 Å². The number of benzene rings is 1. The van der Waals surface area contributed by atoms with Crippen molar-refractivity contribution in [3.8, 4) is 0 Å². The number of hydrogen-bond acceptors (Lipinski definition) is 6. The fourth-order valence-corrected chi connectivity index (χ4v) is 5.38. The molecule has 2 fully saturated rings. The Hall–Kier alpha value is -2.12. The Morgan fingerprint density at radius 2 is 1.91 bits per heavy atom. The number of carbonyl (C=O) groups excluding carboxylic acids is 1. The molecule has 1 atom stereocenters. The van der Waals surface area contributed by atoms with Crippen LogP contribution in [0.5, 0.6) is 0 Å². The summed E-state index contributed by atoms with van der Waals surface area (Å²) >= 11 is 1.66. The zero-order valence-corrected chi connectivity index (χ0v) is 20.7. The van der Waals surface area contributed by atoms with Crippen molar-refractivity contribution in [1.82, 2.24) is 15.3 Å². The number of nitrogens with one attached hydrogen (secondary N) is 1. The Balaban J connectivity index is 1.34. The predicted octanol–water partition coefficient (Wildman–Crippen LogP) is 5.01. The highest BCUT2D eigenvalue weighted by molar-refractivity contribution is 7.98. The molecular weight excluding hydrogens is 432 g/mol. The van der Waals surface area contributed by atoms with Gasteiger partial charge in [-0.1, -0.05) is 50.1 Å². The van der Waals surface area contributed by atoms with Crippen LogP contribution in [0.1, 0.15) is 73.5 Å². The van der Waals surface area contributed by atoms with Gasteiger partial charge >= 0.3 is 0 Å². The van der Waals surface area contributed by atoms with Gasteiger partial charge in [-0.2, -0.15) is 0 Å². The standard InChI is InChI=1S/C26H36N4O2S/c1-3-21-16-24(30(2)22-8-5-4-6-9-22)29-26(28-21)33-18-19-11-13-20(14-12-19)25(31)27-17-23-10-7-15-32-23/h11-14,16,22-23H,3-10,15,17-18H2,1-2H3,(H,27,31)/t23-/m0/s1. The van der Waals surface area contributed by atoms with Gasteiger partial charge in [0.25, 0.3) is 5.91 Å². The van der Waals surface area contributed by atoms with E-state index in [9.17, 15) is 4.79 Å². The molecule has 1 aromatic heterocycles. The van der Waals surface area contributed by atoms with Crippen LogP contribution in [0.25, 0.3) is 0 Å². The van der Waals surface area contributed by atoms with Crippen molar-refractivity contribution in [3.05, 3.63) is 47.2 Å². The number of ether oxygens (including phenoxy) is 1. The Labute approximate surface area is 201 Å². The average molecular weight is 469 g/mol. The van der Waals surface area contributed by atoms with Crippen LogP contribution in [0.15, 0.2) is 35.5 Å². The second-order valence-corrected chi connectivity index (χ2v) is 10.0. The molecule has 7 heteroatoms. The van der Waals surface area contributed by atoms with Gasteiger partial charge in [-0.15, -0.1) is 0 Å². The van der Waals surface area contributed by atoms with Crippen LogP contribution in [-0.2, 0) is 16.9 Å². The highest BCUT2D eigenvalue weighted by Gasteiger charge is 2.20. The first-order chi connectivity index (χ1) is 16.1. The number of hydrogen-bond donors (Lipinski definition) is 1. The van der Waals surface area contributed by atoms with Crippen LogP contribution < -0.4 is 10.2 Å². The normalized spacial score (nSPS) is 18.9. The van der Waals surface area contributed by atoms with Crippen molar-refractivity contribution in [1.29, 1.82) is 0 Å². The Morgan fingerprint density at radius 1 is 1.12 bits per heavy atom. The number of carbonyl (C=O) groups is 1. The maximum Gasteiger partial charge on any atom is 0.251 e. The van der Waals surface area contributed by atoms with Gasteiger partial charge in [-0.05, 0) is 49.8 Å². The van der Waals surface area contributed by atoms with E-state index in [4.69, 9.17) is 14.7 Å². The maximum atomic E-state index is 12.4. The molecule has 0 spiro atoms. The summed E-state index contributed by atoms with van der Waals surface area (Å²) in [5, 5.41) is 3.81. The van der Waals surface area contributed by atoms with E-state index in [2.05, 4.69) is 30.3 Å². The molecule has 178 valence electrons. The maximum absolute atomic E-state index is 12.4. The molecule has 2 aliphatic rings. The minimum absolute atomic E-state index is 0.0425. The summed E-state index contributed by atoms with van der Waals surface area (Å²) in [7, 11) is 2.18. The monoisotopic (exact) mass is 468 g/mol. The number of aromatic nitrogens is 2. The van der Waals surface area contributed by atoms with Crippen LogP contribution in [-0.4, -0.2) is 48.2 Å². The van der Waals surface area contributed by atoms with Gasteiger partial charge in [-0.25, -0.2) is 9.97 Å². The van der Waals surface area contributed by atoms with E-state index in [0.29, 0.717) is 18.2 Å². The summed E-state index contributed by atoms with van der Waals surface area (Å²) in [4.78, 5) is 24.4. The number of nitrogens with zero attached hydrogens (tertiary/aromatic N) is 3. The second kappa shape index (κ2) is 11.8. The van der Waals surface area contributed by atoms with Gasteiger partial charge in [0.1, 0.15) is 5.82 Å². The molecule has 33 heavy (non-hydrogen) atoms. The van der Waals surface area contributed by atoms with Crippen molar-refractivity contribution in [2.24, 2.45) is 0 Å². The van der Waals surface area contributed by atoms with E-state index in [1.54, 1.807) is 11.8 Å².